The van der Waals surface area contributed by atoms with Crippen LogP contribution in [0.4, 0.5) is 0 Å². The van der Waals surface area contributed by atoms with E-state index in [9.17, 15) is 13.0 Å². The lowest BCUT2D eigenvalue weighted by Crippen LogP contribution is -2.20. The first kappa shape index (κ1) is 21.3. The lowest BCUT2D eigenvalue weighted by Gasteiger charge is -2.16. The minimum atomic E-state index is -4.86. The second-order valence-corrected chi connectivity index (χ2v) is 10.2. The Morgan fingerprint density at radius 1 is 1.08 bits per heavy atom. The first-order valence-corrected chi connectivity index (χ1v) is 11.3. The average Bonchev–Trinajstić information content (AvgIpc) is 2.43. The Labute approximate surface area is 144 Å². The highest BCUT2D eigenvalue weighted by atomic mass is 32.2. The first-order chi connectivity index (χ1) is 11.0. The Morgan fingerprint density at radius 2 is 1.67 bits per heavy atom. The largest absolute Gasteiger partial charge is 0.346 e. The van der Waals surface area contributed by atoms with Crippen LogP contribution < -0.4 is 0 Å². The van der Waals surface area contributed by atoms with Gasteiger partial charge in [0.15, 0.2) is 4.99 Å². The van der Waals surface area contributed by atoms with Gasteiger partial charge in [-0.3, -0.25) is 9.12 Å². The normalized spacial score (nSPS) is 15.2. The summed E-state index contributed by atoms with van der Waals surface area (Å²) in [6, 6.07) is 8.22. The van der Waals surface area contributed by atoms with Crippen LogP contribution in [0.1, 0.15) is 50.2 Å². The van der Waals surface area contributed by atoms with Crippen molar-refractivity contribution in [1.29, 1.82) is 0 Å². The van der Waals surface area contributed by atoms with Gasteiger partial charge in [0.05, 0.1) is 0 Å². The van der Waals surface area contributed by atoms with Gasteiger partial charge in [-0.2, -0.15) is 8.42 Å². The number of aryl methyl sites for hydroxylation is 2. The molecule has 0 spiro atoms. The van der Waals surface area contributed by atoms with Gasteiger partial charge >= 0.3 is 7.60 Å². The fourth-order valence-corrected chi connectivity index (χ4v) is 5.11. The van der Waals surface area contributed by atoms with Crippen molar-refractivity contribution in [2.75, 3.05) is 0 Å². The van der Waals surface area contributed by atoms with Crippen LogP contribution >= 0.6 is 7.60 Å². The van der Waals surface area contributed by atoms with Gasteiger partial charge in [0.2, 0.25) is 0 Å². The van der Waals surface area contributed by atoms with E-state index in [0.29, 0.717) is 18.8 Å². The molecule has 2 unspecified atom stereocenters. The molecule has 138 valence electrons. The van der Waals surface area contributed by atoms with Crippen molar-refractivity contribution in [2.45, 2.75) is 57.4 Å². The van der Waals surface area contributed by atoms with E-state index in [0.717, 1.165) is 19.3 Å². The lowest BCUT2D eigenvalue weighted by molar-refractivity contribution is 0.358. The molecule has 2 atom stereocenters. The molecule has 6 nitrogen and oxygen atoms in total. The molecule has 0 bridgehead atoms. The summed E-state index contributed by atoms with van der Waals surface area (Å²) in [6.07, 6.45) is 3.62. The van der Waals surface area contributed by atoms with Crippen LogP contribution in [0.15, 0.2) is 24.3 Å². The molecule has 0 amide bonds. The van der Waals surface area contributed by atoms with Crippen LogP contribution in [0.25, 0.3) is 0 Å². The predicted octanol–water partition coefficient (Wildman–Crippen LogP) is 3.52. The van der Waals surface area contributed by atoms with Crippen molar-refractivity contribution in [1.82, 2.24) is 0 Å². The molecule has 0 saturated heterocycles. The molecule has 1 aromatic rings. The Hall–Kier alpha value is -0.720. The SMILES string of the molecule is Cc1ccccc1CCC(C)CCCCC(P(=O)(O)O)S(=O)(=O)O. The minimum absolute atomic E-state index is 0.229. The van der Waals surface area contributed by atoms with Gasteiger partial charge < -0.3 is 9.79 Å². The second kappa shape index (κ2) is 9.11. The molecule has 0 aliphatic heterocycles. The summed E-state index contributed by atoms with van der Waals surface area (Å²) in [6.45, 7) is 4.19. The summed E-state index contributed by atoms with van der Waals surface area (Å²) in [7, 11) is -9.60. The number of hydrogen-bond donors (Lipinski definition) is 3. The number of hydrogen-bond acceptors (Lipinski definition) is 3. The highest BCUT2D eigenvalue weighted by molar-refractivity contribution is 7.93. The molecule has 3 N–H and O–H groups in total. The van der Waals surface area contributed by atoms with Crippen molar-refractivity contribution in [3.63, 3.8) is 0 Å². The van der Waals surface area contributed by atoms with Gasteiger partial charge in [0, 0.05) is 0 Å². The molecule has 0 aliphatic rings. The summed E-state index contributed by atoms with van der Waals surface area (Å²) >= 11 is 0. The maximum Gasteiger partial charge on any atom is 0.346 e. The van der Waals surface area contributed by atoms with E-state index in [2.05, 4.69) is 26.0 Å². The quantitative estimate of drug-likeness (QED) is 0.326. The standard InChI is InChI=1S/C16H27O6PS/c1-13(11-12-15-9-5-4-8-14(15)2)7-3-6-10-16(23(17,18)19)24(20,21)22/h4-5,8-9,13,16H,3,6-7,10-12H2,1-2H3,(H2,17,18,19)(H,20,21,22). The molecule has 0 aliphatic carbocycles. The first-order valence-electron chi connectivity index (χ1n) is 8.08. The highest BCUT2D eigenvalue weighted by Gasteiger charge is 2.38. The lowest BCUT2D eigenvalue weighted by atomic mass is 9.94. The third-order valence-electron chi connectivity index (χ3n) is 4.28. The van der Waals surface area contributed by atoms with Crippen LogP contribution in [0.3, 0.4) is 0 Å². The molecule has 24 heavy (non-hydrogen) atoms. The van der Waals surface area contributed by atoms with Gasteiger partial charge in [-0.1, -0.05) is 50.5 Å². The summed E-state index contributed by atoms with van der Waals surface area (Å²) in [5, 5.41) is 0. The van der Waals surface area contributed by atoms with E-state index in [-0.39, 0.29) is 6.42 Å². The molecule has 0 radical (unpaired) electrons. The average molecular weight is 378 g/mol. The molecular formula is C16H27O6PS. The fraction of sp³-hybridized carbons (Fsp3) is 0.625. The number of unbranched alkanes of at least 4 members (excludes halogenated alkanes) is 1. The van der Waals surface area contributed by atoms with E-state index in [1.54, 1.807) is 0 Å². The molecule has 1 rings (SSSR count). The monoisotopic (exact) mass is 378 g/mol. The molecule has 0 fully saturated rings. The summed E-state index contributed by atoms with van der Waals surface area (Å²) < 4.78 is 42.2. The van der Waals surface area contributed by atoms with E-state index >= 15 is 0 Å². The van der Waals surface area contributed by atoms with Crippen LogP contribution in [-0.2, 0) is 21.1 Å². The zero-order chi connectivity index (χ0) is 18.4. The highest BCUT2D eigenvalue weighted by Crippen LogP contribution is 2.46. The maximum atomic E-state index is 11.2. The Morgan fingerprint density at radius 3 is 2.21 bits per heavy atom. The fourth-order valence-electron chi connectivity index (χ4n) is 2.74. The van der Waals surface area contributed by atoms with Crippen LogP contribution in [0.5, 0.6) is 0 Å². The van der Waals surface area contributed by atoms with E-state index in [1.165, 1.54) is 11.1 Å². The summed E-state index contributed by atoms with van der Waals surface area (Å²) in [4.78, 5) is 16.1. The van der Waals surface area contributed by atoms with Crippen LogP contribution in [0.2, 0.25) is 0 Å². The van der Waals surface area contributed by atoms with E-state index < -0.39 is 22.7 Å². The Balaban J connectivity index is 2.36. The van der Waals surface area contributed by atoms with Crippen molar-refractivity contribution in [3.05, 3.63) is 35.4 Å². The maximum absolute atomic E-state index is 11.2. The third-order valence-corrected chi connectivity index (χ3v) is 7.84. The van der Waals surface area contributed by atoms with Crippen molar-refractivity contribution in [2.24, 2.45) is 5.92 Å². The van der Waals surface area contributed by atoms with Gasteiger partial charge in [-0.05, 0) is 43.2 Å². The summed E-state index contributed by atoms with van der Waals surface area (Å²) in [5.74, 6) is 0.434. The van der Waals surface area contributed by atoms with Gasteiger partial charge in [0.25, 0.3) is 10.1 Å². The predicted molar refractivity (Wildman–Crippen MR) is 94.5 cm³/mol. The summed E-state index contributed by atoms with van der Waals surface area (Å²) in [5.41, 5.74) is 2.58. The minimum Gasteiger partial charge on any atom is -0.323 e. The second-order valence-electron chi connectivity index (χ2n) is 6.41. The topological polar surface area (TPSA) is 112 Å². The number of benzene rings is 1. The zero-order valence-electron chi connectivity index (χ0n) is 14.1. The molecule has 0 heterocycles. The van der Waals surface area contributed by atoms with Crippen molar-refractivity contribution >= 4 is 17.7 Å². The smallest absolute Gasteiger partial charge is 0.323 e. The van der Waals surface area contributed by atoms with Gasteiger partial charge in [-0.25, -0.2) is 0 Å². The molecule has 8 heteroatoms. The van der Waals surface area contributed by atoms with E-state index in [4.69, 9.17) is 14.3 Å². The molecule has 1 aromatic carbocycles. The van der Waals surface area contributed by atoms with Crippen LogP contribution in [-0.4, -0.2) is 27.7 Å². The third kappa shape index (κ3) is 7.45. The van der Waals surface area contributed by atoms with Gasteiger partial charge in [-0.15, -0.1) is 0 Å². The molecular weight excluding hydrogens is 351 g/mol. The van der Waals surface area contributed by atoms with Crippen molar-refractivity contribution < 1.29 is 27.3 Å². The Bertz CT molecular complexity index is 667. The Kier molecular flexibility index (Phi) is 8.09. The van der Waals surface area contributed by atoms with Gasteiger partial charge in [0.1, 0.15) is 0 Å². The molecule has 0 aromatic heterocycles. The van der Waals surface area contributed by atoms with Crippen molar-refractivity contribution in [3.8, 4) is 0 Å². The molecule has 0 saturated carbocycles. The van der Waals surface area contributed by atoms with E-state index in [1.807, 2.05) is 12.1 Å². The van der Waals surface area contributed by atoms with Crippen LogP contribution in [0, 0.1) is 12.8 Å². The zero-order valence-corrected chi connectivity index (χ0v) is 15.8. The number of rotatable bonds is 10.